The van der Waals surface area contributed by atoms with Crippen LogP contribution in [0.25, 0.3) is 5.69 Å². The summed E-state index contributed by atoms with van der Waals surface area (Å²) < 4.78 is 66.7. The predicted octanol–water partition coefficient (Wildman–Crippen LogP) is 2.83. The molecule has 7 nitrogen and oxygen atoms in total. The molecule has 0 fully saturated rings. The summed E-state index contributed by atoms with van der Waals surface area (Å²) in [7, 11) is -2.80. The third-order valence-electron chi connectivity index (χ3n) is 4.39. The maximum atomic E-state index is 12.8. The van der Waals surface area contributed by atoms with Gasteiger partial charge in [0.25, 0.3) is 0 Å². The maximum Gasteiger partial charge on any atom is 0.416 e. The first-order valence-electron chi connectivity index (χ1n) is 9.06. The molecule has 0 aliphatic heterocycles. The van der Waals surface area contributed by atoms with E-state index in [4.69, 9.17) is 0 Å². The fraction of sp³-hybridized carbons (Fsp3) is 0.200. The van der Waals surface area contributed by atoms with Crippen molar-refractivity contribution in [3.8, 4) is 5.69 Å². The van der Waals surface area contributed by atoms with Gasteiger partial charge in [0.2, 0.25) is 15.9 Å². The lowest BCUT2D eigenvalue weighted by Crippen LogP contribution is -2.37. The Morgan fingerprint density at radius 2 is 1.84 bits per heavy atom. The summed E-state index contributed by atoms with van der Waals surface area (Å²) in [5, 5.41) is 4.23. The van der Waals surface area contributed by atoms with E-state index in [1.54, 1.807) is 17.1 Å². The highest BCUT2D eigenvalue weighted by Gasteiger charge is 2.31. The number of benzene rings is 2. The zero-order valence-electron chi connectivity index (χ0n) is 16.4. The minimum atomic E-state index is -4.67. The summed E-state index contributed by atoms with van der Waals surface area (Å²) in [6, 6.07) is 12.7. The lowest BCUT2D eigenvalue weighted by Gasteiger charge is -2.17. The van der Waals surface area contributed by atoms with E-state index >= 15 is 0 Å². The van der Waals surface area contributed by atoms with E-state index in [1.807, 2.05) is 35.1 Å². The largest absolute Gasteiger partial charge is 0.416 e. The summed E-state index contributed by atoms with van der Waals surface area (Å²) in [5.74, 6) is -0.553. The molecular formula is C20H19F3N4O3S. The average Bonchev–Trinajstić information content (AvgIpc) is 3.20. The summed E-state index contributed by atoms with van der Waals surface area (Å²) in [6.07, 6.45) is -1.35. The molecule has 3 rings (SSSR count). The van der Waals surface area contributed by atoms with Crippen LogP contribution >= 0.6 is 0 Å². The van der Waals surface area contributed by atoms with Crippen LogP contribution in [-0.2, 0) is 27.5 Å². The molecule has 1 N–H and O–H groups in total. The van der Waals surface area contributed by atoms with Gasteiger partial charge >= 0.3 is 6.18 Å². The van der Waals surface area contributed by atoms with Gasteiger partial charge < -0.3 is 4.90 Å². The Labute approximate surface area is 177 Å². The number of likely N-dealkylation sites (N-methyl/N-ethyl adjacent to an activating group) is 1. The Morgan fingerprint density at radius 1 is 1.13 bits per heavy atom. The SMILES string of the molecule is CN(Cc1cnn(-c2ccccc2)c1)C(=O)CNS(=O)(=O)c1cccc(C(F)(F)F)c1. The molecule has 11 heteroatoms. The molecule has 0 saturated heterocycles. The third-order valence-corrected chi connectivity index (χ3v) is 5.79. The Balaban J connectivity index is 1.61. The predicted molar refractivity (Wildman–Crippen MR) is 107 cm³/mol. The number of rotatable bonds is 7. The van der Waals surface area contributed by atoms with E-state index < -0.39 is 39.1 Å². The summed E-state index contributed by atoms with van der Waals surface area (Å²) >= 11 is 0. The fourth-order valence-electron chi connectivity index (χ4n) is 2.74. The standard InChI is InChI=1S/C20H19F3N4O3S/c1-26(13-15-11-24-27(14-15)17-7-3-2-4-8-17)19(28)12-25-31(29,30)18-9-5-6-16(10-18)20(21,22)23/h2-11,14,25H,12-13H2,1H3. The van der Waals surface area contributed by atoms with E-state index in [2.05, 4.69) is 5.10 Å². The van der Waals surface area contributed by atoms with E-state index in [1.165, 1.54) is 11.9 Å². The zero-order chi connectivity index (χ0) is 22.6. The molecule has 31 heavy (non-hydrogen) atoms. The summed E-state index contributed by atoms with van der Waals surface area (Å²) in [4.78, 5) is 13.0. The lowest BCUT2D eigenvalue weighted by molar-refractivity contribution is -0.137. The first-order valence-corrected chi connectivity index (χ1v) is 10.5. The maximum absolute atomic E-state index is 12.8. The number of hydrogen-bond acceptors (Lipinski definition) is 4. The van der Waals surface area contributed by atoms with Crippen LogP contribution in [0.4, 0.5) is 13.2 Å². The van der Waals surface area contributed by atoms with Crippen LogP contribution < -0.4 is 4.72 Å². The Bertz CT molecular complexity index is 1160. The molecule has 0 aliphatic carbocycles. The van der Waals surface area contributed by atoms with E-state index in [0.717, 1.165) is 29.4 Å². The molecule has 0 radical (unpaired) electrons. The number of hydrogen-bond donors (Lipinski definition) is 1. The van der Waals surface area contributed by atoms with Crippen molar-refractivity contribution in [2.75, 3.05) is 13.6 Å². The third kappa shape index (κ3) is 5.70. The Kier molecular flexibility index (Phi) is 6.46. The van der Waals surface area contributed by atoms with Gasteiger partial charge in [0.1, 0.15) is 0 Å². The van der Waals surface area contributed by atoms with E-state index in [0.29, 0.717) is 6.07 Å². The highest BCUT2D eigenvalue weighted by atomic mass is 32.2. The second-order valence-corrected chi connectivity index (χ2v) is 8.50. The molecule has 0 bridgehead atoms. The molecule has 3 aromatic rings. The number of carbonyl (C=O) groups excluding carboxylic acids is 1. The average molecular weight is 452 g/mol. The van der Waals surface area contributed by atoms with Crippen LogP contribution in [0.2, 0.25) is 0 Å². The molecule has 0 saturated carbocycles. The number of alkyl halides is 3. The number of nitrogens with zero attached hydrogens (tertiary/aromatic N) is 3. The molecule has 164 valence electrons. The van der Waals surface area contributed by atoms with Crippen LogP contribution in [0.1, 0.15) is 11.1 Å². The molecular weight excluding hydrogens is 433 g/mol. The number of nitrogens with one attached hydrogen (secondary N) is 1. The van der Waals surface area contributed by atoms with Crippen molar-refractivity contribution in [2.24, 2.45) is 0 Å². The van der Waals surface area contributed by atoms with Crippen molar-refractivity contribution < 1.29 is 26.4 Å². The van der Waals surface area contributed by atoms with Gasteiger partial charge in [-0.3, -0.25) is 4.79 Å². The summed E-state index contributed by atoms with van der Waals surface area (Å²) in [6.45, 7) is -0.418. The van der Waals surface area contributed by atoms with E-state index in [9.17, 15) is 26.4 Å². The highest BCUT2D eigenvalue weighted by Crippen LogP contribution is 2.30. The van der Waals surface area contributed by atoms with Gasteiger partial charge in [-0.05, 0) is 30.3 Å². The first-order chi connectivity index (χ1) is 14.6. The van der Waals surface area contributed by atoms with Gasteiger partial charge in [-0.25, -0.2) is 17.8 Å². The van der Waals surface area contributed by atoms with Crippen LogP contribution in [0.3, 0.4) is 0 Å². The Hall–Kier alpha value is -3.18. The smallest absolute Gasteiger partial charge is 0.340 e. The van der Waals surface area contributed by atoms with Crippen LogP contribution in [0.15, 0.2) is 71.9 Å². The van der Waals surface area contributed by atoms with Crippen LogP contribution in [0, 0.1) is 0 Å². The normalized spacial score (nSPS) is 12.0. The van der Waals surface area contributed by atoms with Crippen molar-refractivity contribution in [2.45, 2.75) is 17.6 Å². The van der Waals surface area contributed by atoms with Crippen LogP contribution in [0.5, 0.6) is 0 Å². The number of sulfonamides is 1. The van der Waals surface area contributed by atoms with Gasteiger partial charge in [0.05, 0.1) is 28.9 Å². The second kappa shape index (κ2) is 8.90. The quantitative estimate of drug-likeness (QED) is 0.598. The topological polar surface area (TPSA) is 84.3 Å². The van der Waals surface area contributed by atoms with Crippen LogP contribution in [-0.4, -0.2) is 42.6 Å². The van der Waals surface area contributed by atoms with E-state index in [-0.39, 0.29) is 6.54 Å². The molecule has 1 amide bonds. The van der Waals surface area contributed by atoms with Crippen molar-refractivity contribution in [1.29, 1.82) is 0 Å². The van der Waals surface area contributed by atoms with Crippen molar-refractivity contribution in [1.82, 2.24) is 19.4 Å². The van der Waals surface area contributed by atoms with Gasteiger partial charge in [-0.15, -0.1) is 0 Å². The van der Waals surface area contributed by atoms with Crippen molar-refractivity contribution >= 4 is 15.9 Å². The second-order valence-electron chi connectivity index (χ2n) is 6.73. The number of aromatic nitrogens is 2. The van der Waals surface area contributed by atoms with Gasteiger partial charge in [0.15, 0.2) is 0 Å². The monoisotopic (exact) mass is 452 g/mol. The molecule has 0 spiro atoms. The molecule has 0 unspecified atom stereocenters. The van der Waals surface area contributed by atoms with Gasteiger partial charge in [-0.1, -0.05) is 24.3 Å². The van der Waals surface area contributed by atoms with Crippen molar-refractivity contribution in [3.63, 3.8) is 0 Å². The lowest BCUT2D eigenvalue weighted by atomic mass is 10.2. The fourth-order valence-corrected chi connectivity index (χ4v) is 3.76. The minimum Gasteiger partial charge on any atom is -0.340 e. The summed E-state index contributed by atoms with van der Waals surface area (Å²) in [5.41, 5.74) is 0.478. The van der Waals surface area contributed by atoms with Gasteiger partial charge in [-0.2, -0.15) is 18.3 Å². The first kappa shape index (κ1) is 22.5. The number of amides is 1. The number of halogens is 3. The Morgan fingerprint density at radius 3 is 2.52 bits per heavy atom. The molecule has 2 aromatic carbocycles. The number of carbonyl (C=O) groups is 1. The number of para-hydroxylation sites is 1. The molecule has 1 aromatic heterocycles. The van der Waals surface area contributed by atoms with Gasteiger partial charge in [0, 0.05) is 25.4 Å². The molecule has 1 heterocycles. The molecule has 0 atom stereocenters. The zero-order valence-corrected chi connectivity index (χ0v) is 17.2. The van der Waals surface area contributed by atoms with Crippen molar-refractivity contribution in [3.05, 3.63) is 78.1 Å². The molecule has 0 aliphatic rings. The highest BCUT2D eigenvalue weighted by molar-refractivity contribution is 7.89. The minimum absolute atomic E-state index is 0.178.